The number of benzene rings is 2. The van der Waals surface area contributed by atoms with E-state index in [9.17, 15) is 14.0 Å². The van der Waals surface area contributed by atoms with Gasteiger partial charge in [0.05, 0.1) is 24.1 Å². The van der Waals surface area contributed by atoms with E-state index in [0.717, 1.165) is 11.3 Å². The minimum Gasteiger partial charge on any atom is -0.457 e. The van der Waals surface area contributed by atoms with Crippen LogP contribution in [0.4, 0.5) is 26.2 Å². The van der Waals surface area contributed by atoms with Crippen LogP contribution in [0.5, 0.6) is 11.5 Å². The second kappa shape index (κ2) is 10.3. The first kappa shape index (κ1) is 24.3. The first-order valence-electron chi connectivity index (χ1n) is 11.4. The van der Waals surface area contributed by atoms with Crippen molar-refractivity contribution < 1.29 is 18.7 Å². The highest BCUT2D eigenvalue weighted by Gasteiger charge is 2.20. The van der Waals surface area contributed by atoms with E-state index >= 15 is 0 Å². The average molecular weight is 521 g/mol. The molecule has 188 valence electrons. The van der Waals surface area contributed by atoms with Gasteiger partial charge in [-0.05, 0) is 36.4 Å². The fourth-order valence-corrected chi connectivity index (χ4v) is 4.18. The predicted molar refractivity (Wildman–Crippen MR) is 139 cm³/mol. The summed E-state index contributed by atoms with van der Waals surface area (Å²) in [5.74, 6) is 0.208. The normalized spacial score (nSPS) is 13.1. The van der Waals surface area contributed by atoms with Crippen LogP contribution in [0.15, 0.2) is 67.1 Å². The van der Waals surface area contributed by atoms with Crippen molar-refractivity contribution in [2.24, 2.45) is 7.05 Å². The van der Waals surface area contributed by atoms with Gasteiger partial charge in [-0.2, -0.15) is 5.10 Å². The molecule has 1 aliphatic heterocycles. The number of ether oxygens (including phenoxy) is 1. The number of aromatic nitrogens is 3. The summed E-state index contributed by atoms with van der Waals surface area (Å²) < 4.78 is 22.2. The van der Waals surface area contributed by atoms with Crippen molar-refractivity contribution in [2.75, 3.05) is 28.6 Å². The van der Waals surface area contributed by atoms with E-state index in [-0.39, 0.29) is 17.2 Å². The van der Waals surface area contributed by atoms with Gasteiger partial charge in [0.2, 0.25) is 0 Å². The standard InChI is InChI=1S/C26H22ClFN6O3/c1-33-14-16(13-30-33)25-12-22(4-6-29-25)37-21-2-3-24(23(28)11-21)32-26(36)31-18-8-17(27)9-19(10-18)34-7-5-20(35)15-34/h2-4,6,8-14H,5,7,15H2,1H3,(H2,31,32,36). The SMILES string of the molecule is Cn1cc(-c2cc(Oc3ccc(NC(=O)Nc4cc(Cl)cc(N5CCC(=O)C5)c4)c(F)c3)ccn2)cn1. The Kier molecular flexibility index (Phi) is 6.74. The van der Waals surface area contributed by atoms with Gasteiger partial charge in [-0.1, -0.05) is 11.6 Å². The summed E-state index contributed by atoms with van der Waals surface area (Å²) in [4.78, 5) is 30.3. The van der Waals surface area contributed by atoms with E-state index < -0.39 is 11.8 Å². The Balaban J connectivity index is 1.24. The second-order valence-corrected chi connectivity index (χ2v) is 8.95. The Bertz CT molecular complexity index is 1490. The zero-order valence-corrected chi connectivity index (χ0v) is 20.5. The van der Waals surface area contributed by atoms with E-state index in [0.29, 0.717) is 41.7 Å². The van der Waals surface area contributed by atoms with Crippen LogP contribution in [0.1, 0.15) is 6.42 Å². The van der Waals surface area contributed by atoms with E-state index in [4.69, 9.17) is 16.3 Å². The van der Waals surface area contributed by atoms with Gasteiger partial charge in [0.25, 0.3) is 0 Å². The lowest BCUT2D eigenvalue weighted by Gasteiger charge is -2.18. The molecule has 0 unspecified atom stereocenters. The number of hydrogen-bond acceptors (Lipinski definition) is 6. The first-order chi connectivity index (χ1) is 17.8. The summed E-state index contributed by atoms with van der Waals surface area (Å²) in [6.45, 7) is 0.893. The molecule has 9 nitrogen and oxygen atoms in total. The lowest BCUT2D eigenvalue weighted by molar-refractivity contribution is -0.116. The molecule has 1 saturated heterocycles. The monoisotopic (exact) mass is 520 g/mol. The Morgan fingerprint density at radius 1 is 1.11 bits per heavy atom. The molecule has 0 saturated carbocycles. The zero-order valence-electron chi connectivity index (χ0n) is 19.7. The van der Waals surface area contributed by atoms with Gasteiger partial charge < -0.3 is 20.3 Å². The van der Waals surface area contributed by atoms with Crippen molar-refractivity contribution in [2.45, 2.75) is 6.42 Å². The number of Topliss-reactive ketones (excluding diaryl/α,β-unsaturated/α-hetero) is 1. The van der Waals surface area contributed by atoms with Gasteiger partial charge in [-0.3, -0.25) is 14.5 Å². The van der Waals surface area contributed by atoms with Crippen molar-refractivity contribution in [3.05, 3.63) is 78.0 Å². The van der Waals surface area contributed by atoms with Crippen molar-refractivity contribution in [1.82, 2.24) is 14.8 Å². The minimum atomic E-state index is -0.670. The van der Waals surface area contributed by atoms with Gasteiger partial charge in [0.15, 0.2) is 5.78 Å². The van der Waals surface area contributed by atoms with Crippen LogP contribution in [-0.4, -0.2) is 39.7 Å². The molecule has 0 spiro atoms. The van der Waals surface area contributed by atoms with E-state index in [1.165, 1.54) is 12.1 Å². The molecule has 0 bridgehead atoms. The number of rotatable bonds is 6. The number of carbonyl (C=O) groups is 2. The number of urea groups is 1. The molecule has 5 rings (SSSR count). The molecule has 4 aromatic rings. The van der Waals surface area contributed by atoms with Crippen LogP contribution >= 0.6 is 11.6 Å². The fraction of sp³-hybridized carbons (Fsp3) is 0.154. The van der Waals surface area contributed by atoms with Crippen LogP contribution in [0.25, 0.3) is 11.3 Å². The number of ketones is 1. The number of aryl methyl sites for hydroxylation is 1. The number of carbonyl (C=O) groups excluding carboxylic acids is 2. The van der Waals surface area contributed by atoms with Gasteiger partial charge in [-0.25, -0.2) is 9.18 Å². The minimum absolute atomic E-state index is 0.0250. The van der Waals surface area contributed by atoms with Crippen molar-refractivity contribution in [1.29, 1.82) is 0 Å². The molecule has 2 aromatic carbocycles. The molecule has 11 heteroatoms. The Morgan fingerprint density at radius 3 is 2.68 bits per heavy atom. The highest BCUT2D eigenvalue weighted by molar-refractivity contribution is 6.31. The fourth-order valence-electron chi connectivity index (χ4n) is 3.95. The second-order valence-electron chi connectivity index (χ2n) is 8.51. The quantitative estimate of drug-likeness (QED) is 0.348. The van der Waals surface area contributed by atoms with Gasteiger partial charge in [0, 0.05) is 66.5 Å². The van der Waals surface area contributed by atoms with E-state index in [1.807, 2.05) is 18.1 Å². The molecule has 2 aromatic heterocycles. The molecule has 1 fully saturated rings. The van der Waals surface area contributed by atoms with Crippen LogP contribution in [0.2, 0.25) is 5.02 Å². The third kappa shape index (κ3) is 5.87. The Labute approximate surface area is 216 Å². The first-order valence-corrected chi connectivity index (χ1v) is 11.8. The average Bonchev–Trinajstić information content (AvgIpc) is 3.49. The molecular weight excluding hydrogens is 499 g/mol. The van der Waals surface area contributed by atoms with E-state index in [2.05, 4.69) is 20.7 Å². The van der Waals surface area contributed by atoms with Crippen LogP contribution in [-0.2, 0) is 11.8 Å². The topological polar surface area (TPSA) is 101 Å². The molecule has 0 aliphatic carbocycles. The molecule has 1 aliphatic rings. The third-order valence-electron chi connectivity index (χ3n) is 5.69. The highest BCUT2D eigenvalue weighted by atomic mass is 35.5. The lowest BCUT2D eigenvalue weighted by atomic mass is 10.2. The van der Waals surface area contributed by atoms with Gasteiger partial charge in [0.1, 0.15) is 17.3 Å². The van der Waals surface area contributed by atoms with Gasteiger partial charge >= 0.3 is 6.03 Å². The lowest BCUT2D eigenvalue weighted by Crippen LogP contribution is -2.22. The maximum atomic E-state index is 14.8. The Morgan fingerprint density at radius 2 is 1.95 bits per heavy atom. The smallest absolute Gasteiger partial charge is 0.323 e. The third-order valence-corrected chi connectivity index (χ3v) is 5.91. The molecule has 0 radical (unpaired) electrons. The zero-order chi connectivity index (χ0) is 25.9. The van der Waals surface area contributed by atoms with Crippen LogP contribution in [0.3, 0.4) is 0 Å². The predicted octanol–water partition coefficient (Wildman–Crippen LogP) is 5.49. The summed E-state index contributed by atoms with van der Waals surface area (Å²) in [5, 5.41) is 9.68. The molecule has 2 amide bonds. The van der Waals surface area contributed by atoms with Crippen molar-refractivity contribution >= 4 is 40.5 Å². The number of nitrogens with zero attached hydrogens (tertiary/aromatic N) is 4. The molecule has 2 N–H and O–H groups in total. The molecular formula is C26H22ClFN6O3. The summed E-state index contributed by atoms with van der Waals surface area (Å²) in [7, 11) is 1.81. The van der Waals surface area contributed by atoms with Crippen LogP contribution in [0, 0.1) is 5.82 Å². The number of hydrogen-bond donors (Lipinski definition) is 2. The maximum Gasteiger partial charge on any atom is 0.323 e. The highest BCUT2D eigenvalue weighted by Crippen LogP contribution is 2.29. The number of pyridine rings is 1. The van der Waals surface area contributed by atoms with Crippen molar-refractivity contribution in [3.63, 3.8) is 0 Å². The van der Waals surface area contributed by atoms with E-state index in [1.54, 1.807) is 53.5 Å². The van der Waals surface area contributed by atoms with Crippen molar-refractivity contribution in [3.8, 4) is 22.8 Å². The van der Waals surface area contributed by atoms with Gasteiger partial charge in [-0.15, -0.1) is 0 Å². The number of nitrogens with one attached hydrogen (secondary N) is 2. The Hall–Kier alpha value is -4.44. The molecule has 3 heterocycles. The largest absolute Gasteiger partial charge is 0.457 e. The summed E-state index contributed by atoms with van der Waals surface area (Å²) >= 11 is 6.20. The molecule has 0 atom stereocenters. The maximum absolute atomic E-state index is 14.8. The number of anilines is 3. The summed E-state index contributed by atoms with van der Waals surface area (Å²) in [6.07, 6.45) is 5.59. The van der Waals surface area contributed by atoms with Crippen LogP contribution < -0.4 is 20.3 Å². The summed E-state index contributed by atoms with van der Waals surface area (Å²) in [6, 6.07) is 11.9. The number of amides is 2. The molecule has 37 heavy (non-hydrogen) atoms. The number of halogens is 2. The summed E-state index contributed by atoms with van der Waals surface area (Å²) in [5.41, 5.74) is 2.61.